The summed E-state index contributed by atoms with van der Waals surface area (Å²) in [4.78, 5) is 67.6. The standard InChI is InChI=1S/C58H63N9O6S/c1-36-40(41-19-21-50(60-53(41)57(71)72)67-32-27-39-11-7-13-42(45(39)35-67)55(69)62-58-59-46-15-3-4-18-49(46)74-58)12-9-17-48(36)73-33-6-5-10-37-23-28-65(29-24-37)34-38-25-30-66(31-26-38)47-16-8-14-43-52(63-64(2)54(43)47)44-20-22-51(68)61-56(44)70/h3-4,7-9,11-19,21,37-38,44H,5-6,10,20,22-35H2,1-2H3,(H,71,72)(H,59,62,69)(H,61,68,70). The van der Waals surface area contributed by atoms with Gasteiger partial charge in [0.05, 0.1) is 39.6 Å². The van der Waals surface area contributed by atoms with Gasteiger partial charge in [0.25, 0.3) is 5.91 Å². The van der Waals surface area contributed by atoms with Crippen LogP contribution in [-0.4, -0.2) is 99.3 Å². The number of likely N-dealkylation sites (tertiary alicyclic amines) is 1. The van der Waals surface area contributed by atoms with Crippen LogP contribution in [0.15, 0.2) is 91.0 Å². The number of carboxylic acid groups (broad SMARTS) is 1. The minimum Gasteiger partial charge on any atom is -0.493 e. The average Bonchev–Trinajstić information content (AvgIpc) is 3.99. The van der Waals surface area contributed by atoms with Crippen molar-refractivity contribution in [3.63, 3.8) is 0 Å². The van der Waals surface area contributed by atoms with Crippen molar-refractivity contribution in [2.75, 3.05) is 61.0 Å². The zero-order valence-corrected chi connectivity index (χ0v) is 43.0. The number of hydrogen-bond acceptors (Lipinski definition) is 12. The van der Waals surface area contributed by atoms with Gasteiger partial charge in [0.15, 0.2) is 10.8 Å². The summed E-state index contributed by atoms with van der Waals surface area (Å²) in [5.41, 5.74) is 8.55. The van der Waals surface area contributed by atoms with E-state index in [1.54, 1.807) is 0 Å². The number of carbonyl (C=O) groups is 4. The number of pyridine rings is 1. The molecule has 0 radical (unpaired) electrons. The highest BCUT2D eigenvalue weighted by atomic mass is 32.1. The molecule has 0 bridgehead atoms. The third-order valence-electron chi connectivity index (χ3n) is 15.9. The second kappa shape index (κ2) is 21.4. The lowest BCUT2D eigenvalue weighted by atomic mass is 9.89. The molecule has 1 unspecified atom stereocenters. The lowest BCUT2D eigenvalue weighted by molar-refractivity contribution is -0.134. The number of imide groups is 1. The predicted octanol–water partition coefficient (Wildman–Crippen LogP) is 9.76. The Morgan fingerprint density at radius 2 is 1.61 bits per heavy atom. The van der Waals surface area contributed by atoms with Gasteiger partial charge in [-0.15, -0.1) is 0 Å². The van der Waals surface area contributed by atoms with Crippen LogP contribution in [0.5, 0.6) is 5.75 Å². The van der Waals surface area contributed by atoms with Crippen molar-refractivity contribution >= 4 is 72.8 Å². The molecule has 3 saturated heterocycles. The normalized spacial score (nSPS) is 17.9. The Labute approximate surface area is 434 Å². The van der Waals surface area contributed by atoms with E-state index in [9.17, 15) is 24.3 Å². The topological polar surface area (TPSA) is 175 Å². The van der Waals surface area contributed by atoms with E-state index < -0.39 is 11.9 Å². The number of thiazole rings is 1. The van der Waals surface area contributed by atoms with E-state index in [1.807, 2.05) is 96.3 Å². The molecule has 7 heterocycles. The summed E-state index contributed by atoms with van der Waals surface area (Å²) in [6, 6.07) is 29.4. The first kappa shape index (κ1) is 49.1. The van der Waals surface area contributed by atoms with Crippen molar-refractivity contribution in [2.24, 2.45) is 18.9 Å². The van der Waals surface area contributed by atoms with Crippen LogP contribution in [0.2, 0.25) is 0 Å². The number of fused-ring (bicyclic) bond motifs is 3. The molecule has 3 fully saturated rings. The predicted molar refractivity (Wildman–Crippen MR) is 289 cm³/mol. The summed E-state index contributed by atoms with van der Waals surface area (Å²) in [5, 5.41) is 22.4. The number of ether oxygens (including phenoxy) is 1. The highest BCUT2D eigenvalue weighted by Gasteiger charge is 2.33. The van der Waals surface area contributed by atoms with Crippen LogP contribution in [-0.2, 0) is 29.6 Å². The van der Waals surface area contributed by atoms with Gasteiger partial charge in [-0.1, -0.05) is 66.3 Å². The number of aryl methyl sites for hydroxylation is 1. The highest BCUT2D eigenvalue weighted by molar-refractivity contribution is 7.22. The van der Waals surface area contributed by atoms with E-state index in [2.05, 4.69) is 43.6 Å². The highest BCUT2D eigenvalue weighted by Crippen LogP contribution is 2.38. The molecule has 15 nitrogen and oxygen atoms in total. The van der Waals surface area contributed by atoms with Crippen LogP contribution in [0.4, 0.5) is 16.6 Å². The summed E-state index contributed by atoms with van der Waals surface area (Å²) in [6.07, 6.45) is 9.52. The molecular formula is C58H63N9O6S. The summed E-state index contributed by atoms with van der Waals surface area (Å²) in [7, 11) is 1.95. The first-order chi connectivity index (χ1) is 36.0. The molecule has 4 aromatic carbocycles. The molecule has 11 rings (SSSR count). The number of para-hydroxylation sites is 2. The number of aromatic nitrogens is 4. The maximum Gasteiger partial charge on any atom is 0.355 e. The van der Waals surface area contributed by atoms with Crippen LogP contribution in [0.3, 0.4) is 0 Å². The molecule has 0 aliphatic carbocycles. The Kier molecular flexibility index (Phi) is 14.2. The summed E-state index contributed by atoms with van der Waals surface area (Å²) >= 11 is 1.44. The monoisotopic (exact) mass is 1010 g/mol. The van der Waals surface area contributed by atoms with Gasteiger partial charge in [0.1, 0.15) is 11.6 Å². The molecule has 0 saturated carbocycles. The molecule has 382 valence electrons. The van der Waals surface area contributed by atoms with Crippen molar-refractivity contribution in [3.05, 3.63) is 125 Å². The molecule has 3 amide bonds. The Hall–Kier alpha value is -7.17. The molecule has 3 N–H and O–H groups in total. The van der Waals surface area contributed by atoms with Gasteiger partial charge >= 0.3 is 5.97 Å². The first-order valence-corrected chi connectivity index (χ1v) is 27.1. The number of unbranched alkanes of at least 4 members (excludes halogenated alkanes) is 1. The fourth-order valence-corrected chi connectivity index (χ4v) is 12.7. The molecular weight excluding hydrogens is 951 g/mol. The zero-order chi connectivity index (χ0) is 50.9. The fourth-order valence-electron chi connectivity index (χ4n) is 11.9. The Balaban J connectivity index is 0.638. The number of hydrogen-bond donors (Lipinski definition) is 3. The zero-order valence-electron chi connectivity index (χ0n) is 42.1. The van der Waals surface area contributed by atoms with Crippen molar-refractivity contribution in [3.8, 4) is 16.9 Å². The van der Waals surface area contributed by atoms with E-state index in [1.165, 1.54) is 36.3 Å². The maximum absolute atomic E-state index is 13.7. The lowest BCUT2D eigenvalue weighted by Crippen LogP contribution is -2.41. The second-order valence-electron chi connectivity index (χ2n) is 20.6. The molecule has 4 aliphatic heterocycles. The minimum absolute atomic E-state index is 0.0219. The molecule has 1 atom stereocenters. The molecule has 74 heavy (non-hydrogen) atoms. The number of rotatable bonds is 15. The Morgan fingerprint density at radius 1 is 0.811 bits per heavy atom. The van der Waals surface area contributed by atoms with Gasteiger partial charge in [0.2, 0.25) is 11.8 Å². The van der Waals surface area contributed by atoms with Crippen LogP contribution in [0.1, 0.15) is 107 Å². The molecule has 7 aromatic rings. The quantitative estimate of drug-likeness (QED) is 0.0656. The first-order valence-electron chi connectivity index (χ1n) is 26.3. The van der Waals surface area contributed by atoms with Crippen LogP contribution < -0.4 is 25.2 Å². The number of nitrogens with one attached hydrogen (secondary N) is 2. The number of piperidine rings is 3. The number of aromatic carboxylic acids is 1. The third-order valence-corrected chi connectivity index (χ3v) is 16.8. The van der Waals surface area contributed by atoms with Crippen LogP contribution >= 0.6 is 11.3 Å². The van der Waals surface area contributed by atoms with Crippen molar-refractivity contribution in [1.82, 2.24) is 30.0 Å². The van der Waals surface area contributed by atoms with Gasteiger partial charge in [-0.2, -0.15) is 5.10 Å². The van der Waals surface area contributed by atoms with Crippen LogP contribution in [0.25, 0.3) is 32.2 Å². The minimum atomic E-state index is -1.10. The summed E-state index contributed by atoms with van der Waals surface area (Å²) in [6.45, 7) is 9.07. The lowest BCUT2D eigenvalue weighted by Gasteiger charge is -2.38. The average molecular weight is 1010 g/mol. The van der Waals surface area contributed by atoms with E-state index >= 15 is 0 Å². The largest absolute Gasteiger partial charge is 0.493 e. The van der Waals surface area contributed by atoms with E-state index in [0.29, 0.717) is 67.0 Å². The molecule has 4 aliphatic rings. The number of carbonyl (C=O) groups excluding carboxylic acids is 3. The van der Waals surface area contributed by atoms with Crippen molar-refractivity contribution in [2.45, 2.75) is 83.6 Å². The number of amides is 3. The SMILES string of the molecule is Cc1c(OCCCCC2CCN(CC3CCN(c4cccc5c(C6CCC(=O)NC6=O)nn(C)c45)CC3)CC2)cccc1-c1ccc(N2CCc3cccc(C(=O)Nc4nc5ccccc5s4)c3C2)nc1C(=O)O. The summed E-state index contributed by atoms with van der Waals surface area (Å²) < 4.78 is 9.28. The number of nitrogens with zero attached hydrogens (tertiary/aromatic N) is 7. The Bertz CT molecular complexity index is 3230. The van der Waals surface area contributed by atoms with Crippen molar-refractivity contribution < 1.29 is 29.0 Å². The van der Waals surface area contributed by atoms with E-state index in [4.69, 9.17) is 14.8 Å². The number of carboxylic acids is 1. The molecule has 16 heteroatoms. The second-order valence-corrected chi connectivity index (χ2v) is 21.6. The molecule has 0 spiro atoms. The Morgan fingerprint density at radius 3 is 2.42 bits per heavy atom. The van der Waals surface area contributed by atoms with Crippen molar-refractivity contribution in [1.29, 1.82) is 0 Å². The van der Waals surface area contributed by atoms with Gasteiger partial charge in [-0.25, -0.2) is 14.8 Å². The van der Waals surface area contributed by atoms with Gasteiger partial charge in [-0.3, -0.25) is 29.7 Å². The third kappa shape index (κ3) is 10.2. The summed E-state index contributed by atoms with van der Waals surface area (Å²) in [5.74, 6) is 0.495. The fraction of sp³-hybridized carbons (Fsp3) is 0.397. The van der Waals surface area contributed by atoms with E-state index in [-0.39, 0.29) is 23.4 Å². The van der Waals surface area contributed by atoms with Crippen LogP contribution in [0, 0.1) is 18.8 Å². The smallest absolute Gasteiger partial charge is 0.355 e. The number of benzene rings is 4. The number of anilines is 3. The molecule has 3 aromatic heterocycles. The maximum atomic E-state index is 13.7. The van der Waals surface area contributed by atoms with Gasteiger partial charge in [-0.05, 0) is 148 Å². The van der Waals surface area contributed by atoms with E-state index in [0.717, 1.165) is 119 Å². The van der Waals surface area contributed by atoms with Gasteiger partial charge in [0, 0.05) is 62.7 Å². The van der Waals surface area contributed by atoms with Gasteiger partial charge < -0.3 is 24.5 Å².